The van der Waals surface area contributed by atoms with Crippen LogP contribution in [0.1, 0.15) is 17.3 Å². The summed E-state index contributed by atoms with van der Waals surface area (Å²) in [5.41, 5.74) is 2.69. The number of fused-ring (bicyclic) bond motifs is 1. The van der Waals surface area contributed by atoms with Gasteiger partial charge in [-0.1, -0.05) is 60.1 Å². The molecule has 0 radical (unpaired) electrons. The van der Waals surface area contributed by atoms with E-state index in [9.17, 15) is 23.1 Å². The maximum atomic E-state index is 13.4. The summed E-state index contributed by atoms with van der Waals surface area (Å²) in [5.74, 6) is -1.55. The molecule has 2 unspecified atom stereocenters. The van der Waals surface area contributed by atoms with Gasteiger partial charge in [0.15, 0.2) is 6.61 Å². The molecule has 0 fully saturated rings. The number of ether oxygens (including phenoxy) is 1. The number of ketones is 1. The number of rotatable bonds is 9. The van der Waals surface area contributed by atoms with Gasteiger partial charge < -0.3 is 14.4 Å². The van der Waals surface area contributed by atoms with Gasteiger partial charge in [0.05, 0.1) is 22.3 Å². The van der Waals surface area contributed by atoms with Crippen molar-refractivity contribution in [3.63, 3.8) is 0 Å². The number of benzene rings is 3. The maximum Gasteiger partial charge on any atom is 0.327 e. The van der Waals surface area contributed by atoms with Gasteiger partial charge in [0, 0.05) is 23.0 Å². The Kier molecular flexibility index (Phi) is 7.79. The second-order valence-corrected chi connectivity index (χ2v) is 10.6. The van der Waals surface area contributed by atoms with Crippen molar-refractivity contribution >= 4 is 44.3 Å². The average Bonchev–Trinajstić information content (AvgIpc) is 3.19. The zero-order valence-corrected chi connectivity index (χ0v) is 21.7. The number of para-hydroxylation sites is 1. The van der Waals surface area contributed by atoms with E-state index in [0.717, 1.165) is 11.1 Å². The van der Waals surface area contributed by atoms with Crippen LogP contribution in [0.15, 0.2) is 83.8 Å². The third kappa shape index (κ3) is 5.60. The van der Waals surface area contributed by atoms with Crippen LogP contribution < -0.4 is 4.72 Å². The highest BCUT2D eigenvalue weighted by atomic mass is 35.5. The number of nitrogens with zero attached hydrogens (tertiary/aromatic N) is 1. The van der Waals surface area contributed by atoms with Gasteiger partial charge in [-0.25, -0.2) is 8.42 Å². The van der Waals surface area contributed by atoms with Gasteiger partial charge in [-0.3, -0.25) is 9.59 Å². The molecule has 4 aromatic rings. The first-order valence-corrected chi connectivity index (χ1v) is 13.2. The molecule has 0 aliphatic rings. The molecule has 0 aliphatic carbocycles. The number of hydrogen-bond acceptors (Lipinski definition) is 6. The Balaban J connectivity index is 1.58. The molecule has 4 rings (SSSR count). The number of sulfonamides is 1. The van der Waals surface area contributed by atoms with Gasteiger partial charge in [-0.2, -0.15) is 4.72 Å². The molecule has 3 aromatic carbocycles. The quantitative estimate of drug-likeness (QED) is 0.245. The highest BCUT2D eigenvalue weighted by Crippen LogP contribution is 2.33. The molecule has 1 heterocycles. The van der Waals surface area contributed by atoms with E-state index in [1.807, 2.05) is 66.2 Å². The summed E-state index contributed by atoms with van der Waals surface area (Å²) < 4.78 is 34.7. The predicted octanol–water partition coefficient (Wildman–Crippen LogP) is 3.95. The van der Waals surface area contributed by atoms with Crippen LogP contribution in [0, 0.1) is 0 Å². The normalized spacial score (nSPS) is 13.3. The van der Waals surface area contributed by atoms with Crippen LogP contribution >= 0.6 is 11.6 Å². The van der Waals surface area contributed by atoms with Crippen molar-refractivity contribution in [1.82, 2.24) is 9.29 Å². The molecule has 0 bridgehead atoms. The molecule has 8 nitrogen and oxygen atoms in total. The highest BCUT2D eigenvalue weighted by Gasteiger charge is 2.32. The largest absolute Gasteiger partial charge is 0.456 e. The molecular weight excluding hydrogens is 516 g/mol. The molecule has 0 amide bonds. The summed E-state index contributed by atoms with van der Waals surface area (Å²) in [7, 11) is -2.33. The van der Waals surface area contributed by atoms with Gasteiger partial charge >= 0.3 is 5.97 Å². The summed E-state index contributed by atoms with van der Waals surface area (Å²) in [4.78, 5) is 26.1. The molecular formula is C27H25ClN2O6S. The van der Waals surface area contributed by atoms with Gasteiger partial charge in [0.25, 0.3) is 0 Å². The molecule has 2 N–H and O–H groups in total. The zero-order chi connectivity index (χ0) is 26.7. The lowest BCUT2D eigenvalue weighted by Gasteiger charge is -2.20. The minimum absolute atomic E-state index is 0.144. The van der Waals surface area contributed by atoms with Crippen LogP contribution in [0.5, 0.6) is 0 Å². The van der Waals surface area contributed by atoms with Gasteiger partial charge in [-0.05, 0) is 42.8 Å². The lowest BCUT2D eigenvalue weighted by molar-refractivity contribution is -0.147. The third-order valence-corrected chi connectivity index (χ3v) is 7.63. The van der Waals surface area contributed by atoms with Gasteiger partial charge in [-0.15, -0.1) is 0 Å². The SMILES string of the molecule is CC(O)C(NS(=O)(=O)c1ccc(Cl)cc1)C(=O)OCC(=O)c1c(-c2ccccc2)n(C)c2ccccc12. The van der Waals surface area contributed by atoms with Crippen molar-refractivity contribution in [1.29, 1.82) is 0 Å². The molecule has 0 aliphatic heterocycles. The number of hydrogen-bond donors (Lipinski definition) is 2. The van der Waals surface area contributed by atoms with Crippen molar-refractivity contribution in [3.8, 4) is 11.3 Å². The molecule has 0 spiro atoms. The van der Waals surface area contributed by atoms with Crippen LogP contribution in [0.2, 0.25) is 5.02 Å². The van der Waals surface area contributed by atoms with E-state index in [1.54, 1.807) is 0 Å². The van der Waals surface area contributed by atoms with Gasteiger partial charge in [0.2, 0.25) is 15.8 Å². The molecule has 10 heteroatoms. The monoisotopic (exact) mass is 540 g/mol. The first kappa shape index (κ1) is 26.6. The summed E-state index contributed by atoms with van der Waals surface area (Å²) in [6.45, 7) is 0.606. The van der Waals surface area contributed by atoms with Crippen LogP contribution in [-0.2, 0) is 26.6 Å². The Labute approximate surface area is 219 Å². The van der Waals surface area contributed by atoms with Crippen LogP contribution in [0.4, 0.5) is 0 Å². The summed E-state index contributed by atoms with van der Waals surface area (Å²) in [6.07, 6.45) is -1.43. The standard InChI is InChI=1S/C27H25ClN2O6S/c1-17(31)25(29-37(34,35)20-14-12-19(28)13-15-20)27(33)36-16-23(32)24-21-10-6-7-11-22(21)30(2)26(24)18-8-4-3-5-9-18/h3-15,17,25,29,31H,16H2,1-2H3. The number of carbonyl (C=O) groups excluding carboxylic acids is 2. The third-order valence-electron chi connectivity index (χ3n) is 5.92. The van der Waals surface area contributed by atoms with Crippen molar-refractivity contribution in [2.75, 3.05) is 6.61 Å². The number of aryl methyl sites for hydroxylation is 1. The predicted molar refractivity (Wildman–Crippen MR) is 141 cm³/mol. The Bertz CT molecular complexity index is 1550. The van der Waals surface area contributed by atoms with Crippen LogP contribution in [-0.4, -0.2) is 48.6 Å². The van der Waals surface area contributed by atoms with Crippen LogP contribution in [0.25, 0.3) is 22.2 Å². The second kappa shape index (κ2) is 10.9. The van der Waals surface area contributed by atoms with Gasteiger partial charge in [0.1, 0.15) is 6.04 Å². The molecule has 192 valence electrons. The topological polar surface area (TPSA) is 115 Å². The number of nitrogens with one attached hydrogen (secondary N) is 1. The number of halogens is 1. The summed E-state index contributed by atoms with van der Waals surface area (Å²) in [6, 6.07) is 20.4. The van der Waals surface area contributed by atoms with Crippen molar-refractivity contribution in [3.05, 3.63) is 89.4 Å². The minimum atomic E-state index is -4.18. The Morgan fingerprint density at radius 1 is 1.00 bits per heavy atom. The Hall–Kier alpha value is -3.50. The van der Waals surface area contributed by atoms with Crippen LogP contribution in [0.3, 0.4) is 0 Å². The van der Waals surface area contributed by atoms with Crippen molar-refractivity contribution in [2.45, 2.75) is 24.0 Å². The fourth-order valence-corrected chi connectivity index (χ4v) is 5.48. The van der Waals surface area contributed by atoms with Crippen molar-refractivity contribution < 1.29 is 27.9 Å². The smallest absolute Gasteiger partial charge is 0.327 e. The zero-order valence-electron chi connectivity index (χ0n) is 20.1. The summed E-state index contributed by atoms with van der Waals surface area (Å²) in [5, 5.41) is 11.2. The summed E-state index contributed by atoms with van der Waals surface area (Å²) >= 11 is 5.82. The minimum Gasteiger partial charge on any atom is -0.456 e. The molecule has 2 atom stereocenters. The number of Topliss-reactive ketones (excluding diaryl/α,β-unsaturated/α-hetero) is 1. The fraction of sp³-hybridized carbons (Fsp3) is 0.185. The number of esters is 1. The van der Waals surface area contributed by atoms with E-state index in [-0.39, 0.29) is 4.90 Å². The first-order valence-electron chi connectivity index (χ1n) is 11.4. The molecule has 0 saturated heterocycles. The molecule has 0 saturated carbocycles. The average molecular weight is 541 g/mol. The Morgan fingerprint density at radius 3 is 2.27 bits per heavy atom. The fourth-order valence-electron chi connectivity index (χ4n) is 4.10. The molecule has 37 heavy (non-hydrogen) atoms. The first-order chi connectivity index (χ1) is 17.6. The van der Waals surface area contributed by atoms with E-state index >= 15 is 0 Å². The van der Waals surface area contributed by atoms with E-state index in [0.29, 0.717) is 21.7 Å². The number of aliphatic hydroxyl groups is 1. The second-order valence-electron chi connectivity index (χ2n) is 8.49. The molecule has 1 aromatic heterocycles. The van der Waals surface area contributed by atoms with E-state index < -0.39 is 40.5 Å². The highest BCUT2D eigenvalue weighted by molar-refractivity contribution is 7.89. The van der Waals surface area contributed by atoms with E-state index in [2.05, 4.69) is 4.72 Å². The number of aliphatic hydroxyl groups excluding tert-OH is 1. The lowest BCUT2D eigenvalue weighted by Crippen LogP contribution is -2.48. The Morgan fingerprint density at radius 2 is 1.62 bits per heavy atom. The van der Waals surface area contributed by atoms with E-state index in [4.69, 9.17) is 16.3 Å². The lowest BCUT2D eigenvalue weighted by atomic mass is 10.0. The number of aromatic nitrogens is 1. The number of carbonyl (C=O) groups is 2. The maximum absolute atomic E-state index is 13.4. The van der Waals surface area contributed by atoms with Crippen molar-refractivity contribution in [2.24, 2.45) is 7.05 Å². The van der Waals surface area contributed by atoms with E-state index in [1.165, 1.54) is 31.2 Å².